The lowest BCUT2D eigenvalue weighted by atomic mass is 9.88. The van der Waals surface area contributed by atoms with E-state index in [1.165, 1.54) is 159 Å². The van der Waals surface area contributed by atoms with E-state index in [4.69, 9.17) is 26.0 Å². The van der Waals surface area contributed by atoms with Gasteiger partial charge in [-0.15, -0.1) is 0 Å². The van der Waals surface area contributed by atoms with Crippen LogP contribution in [-0.2, 0) is 80.8 Å². The van der Waals surface area contributed by atoms with Crippen LogP contribution in [0.15, 0.2) is 207 Å². The van der Waals surface area contributed by atoms with Crippen molar-refractivity contribution in [3.63, 3.8) is 0 Å². The smallest absolute Gasteiger partial charge is 0.201 e. The molecule has 0 N–H and O–H groups in total. The van der Waals surface area contributed by atoms with Crippen molar-refractivity contribution in [2.24, 2.45) is 42.3 Å². The number of aromatic nitrogens is 6. The summed E-state index contributed by atoms with van der Waals surface area (Å²) in [5, 5.41) is 0. The van der Waals surface area contributed by atoms with Gasteiger partial charge in [-0.3, -0.25) is 0 Å². The van der Waals surface area contributed by atoms with Crippen LogP contribution < -0.4 is 27.4 Å². The number of fused-ring (bicyclic) bond motifs is 3. The first kappa shape index (κ1) is 55.7. The van der Waals surface area contributed by atoms with Gasteiger partial charge in [-0.1, -0.05) is 123 Å². The maximum absolute atomic E-state index is 8.33. The lowest BCUT2D eigenvalue weighted by Crippen LogP contribution is -2.37. The fraction of sp³-hybridized carbons (Fsp3) is 0.333. The second-order valence-corrected chi connectivity index (χ2v) is 28.7. The van der Waals surface area contributed by atoms with E-state index in [0.29, 0.717) is 17.0 Å². The third kappa shape index (κ3) is 18.0. The summed E-state index contributed by atoms with van der Waals surface area (Å²) >= 11 is 0. The van der Waals surface area contributed by atoms with Gasteiger partial charge in [0.25, 0.3) is 0 Å². The predicted octanol–water partition coefficient (Wildman–Crippen LogP) is 20.4. The first-order valence-electron chi connectivity index (χ1n) is 46.5. The molecule has 3 aliphatic carbocycles. The Bertz CT molecular complexity index is 5860. The maximum atomic E-state index is 8.33. The van der Waals surface area contributed by atoms with Crippen LogP contribution in [0.4, 0.5) is 0 Å². The zero-order valence-corrected chi connectivity index (χ0v) is 64.6. The third-order valence-electron chi connectivity index (χ3n) is 21.4. The molecule has 12 aromatic rings. The average molecular weight is 1410 g/mol. The molecule has 0 saturated carbocycles. The number of pyridine rings is 6. The van der Waals surface area contributed by atoms with Crippen LogP contribution in [0.25, 0.3) is 67.5 Å². The van der Waals surface area contributed by atoms with E-state index < -0.39 is 47.0 Å². The molecule has 6 heteroatoms. The highest BCUT2D eigenvalue weighted by atomic mass is 15.0. The summed E-state index contributed by atoms with van der Waals surface area (Å²) in [5.41, 5.74) is 30.0. The van der Waals surface area contributed by atoms with E-state index in [1.54, 1.807) is 68.0 Å². The maximum Gasteiger partial charge on any atom is 0.216 e. The molecule has 0 aliphatic heterocycles. The van der Waals surface area contributed by atoms with E-state index >= 15 is 0 Å². The Hall–Kier alpha value is -9.78. The first-order valence-corrected chi connectivity index (χ1v) is 37.0. The van der Waals surface area contributed by atoms with Gasteiger partial charge in [-0.2, -0.15) is 13.7 Å². The Labute approximate surface area is 658 Å². The van der Waals surface area contributed by atoms with Crippen molar-refractivity contribution < 1.29 is 53.4 Å². The number of nitrogens with zero attached hydrogens (tertiary/aromatic N) is 6. The number of aryl methyl sites for hydroxylation is 15. The predicted molar refractivity (Wildman–Crippen MR) is 439 cm³/mol. The number of rotatable bonds is 7. The van der Waals surface area contributed by atoms with E-state index in [0.717, 1.165) is 44.6 Å². The Morgan fingerprint density at radius 2 is 0.714 bits per heavy atom. The minimum absolute atomic E-state index is 0.00710. The standard InChI is InChI=1S/2C17H20N.2C17H22N.C16H18N.C15H18N/c1-13-7-3-6-10-16(13)17-11-14-8-4-5-9-15(14)12-18(17)2;1-13-7-3-5-9-15(13)17-16-10-6-4-8-14(16)11-12-18(17)2;1-11-9-7-8-10-16(11)17-14(4)12(2)13(3)15(5)18(17)6;1-12(2)15-10-11-17(18(5)14(15)4)16-9-7-6-8-13(16)3;1-12-6-3-4-9-15(12)16-10-13-7-5-8-14(13)11-17(16)2;1-11-9-10-15(16(4)13(11)3)14-8-6-5-7-12(14)2/h3,6-7,10-12H,4-5,8-9H2,1-2H3;3,5,7,9,11-12H,4,6,8,10H2,1-2H3;7-10H,1-6H3;6-12H,1-5H3;3-4,6,9-11H,5,7-8H2,1-2H3;5-10H,1-4H3/q6*+1/i;;3D3,5D3;1D3,4D3,12D;;1D3,3D3. The summed E-state index contributed by atoms with van der Waals surface area (Å²) < 4.78 is 159. The molecule has 540 valence electrons. The van der Waals surface area contributed by atoms with E-state index in [-0.39, 0.29) is 33.8 Å². The second kappa shape index (κ2) is 35.3. The molecule has 0 amide bonds. The Kier molecular flexibility index (Phi) is 18.7. The Morgan fingerprint density at radius 1 is 0.314 bits per heavy atom. The highest BCUT2D eigenvalue weighted by Gasteiger charge is 2.27. The third-order valence-corrected chi connectivity index (χ3v) is 21.4. The van der Waals surface area contributed by atoms with Gasteiger partial charge >= 0.3 is 0 Å². The minimum atomic E-state index is -2.65. The van der Waals surface area contributed by atoms with Crippen LogP contribution in [0.5, 0.6) is 0 Å². The number of benzene rings is 6. The molecular formula is C99H120N6+6. The van der Waals surface area contributed by atoms with Crippen LogP contribution >= 0.6 is 0 Å². The zero-order chi connectivity index (χ0) is 91.3. The molecule has 6 aromatic heterocycles. The van der Waals surface area contributed by atoms with Crippen molar-refractivity contribution in [2.75, 3.05) is 0 Å². The van der Waals surface area contributed by atoms with Gasteiger partial charge in [-0.05, 0) is 250 Å². The van der Waals surface area contributed by atoms with E-state index in [2.05, 4.69) is 165 Å². The quantitative estimate of drug-likeness (QED) is 0.142. The minimum Gasteiger partial charge on any atom is -0.201 e. The summed E-state index contributed by atoms with van der Waals surface area (Å²) in [4.78, 5) is 0. The van der Waals surface area contributed by atoms with Crippen molar-refractivity contribution in [2.45, 2.75) is 180 Å². The van der Waals surface area contributed by atoms with Crippen molar-refractivity contribution in [3.8, 4) is 67.5 Å². The fourth-order valence-electron chi connectivity index (χ4n) is 15.0. The van der Waals surface area contributed by atoms with Crippen LogP contribution in [0.2, 0.25) is 0 Å². The van der Waals surface area contributed by atoms with Crippen molar-refractivity contribution in [3.05, 3.63) is 318 Å². The van der Waals surface area contributed by atoms with Crippen molar-refractivity contribution in [1.29, 1.82) is 0 Å². The number of hydrogen-bond donors (Lipinski definition) is 0. The molecule has 0 radical (unpaired) electrons. The highest BCUT2D eigenvalue weighted by molar-refractivity contribution is 5.68. The van der Waals surface area contributed by atoms with Gasteiger partial charge < -0.3 is 0 Å². The molecular weight excluding hydrogens is 1270 g/mol. The largest absolute Gasteiger partial charge is 0.216 e. The Morgan fingerprint density at radius 3 is 1.17 bits per heavy atom. The zero-order valence-electron chi connectivity index (χ0n) is 83.6. The molecule has 1 atom stereocenters. The molecule has 0 spiro atoms. The lowest BCUT2D eigenvalue weighted by Gasteiger charge is -2.17. The van der Waals surface area contributed by atoms with Crippen molar-refractivity contribution >= 4 is 0 Å². The molecule has 3 aliphatic rings. The van der Waals surface area contributed by atoms with Crippen LogP contribution in [0.3, 0.4) is 0 Å². The first-order chi connectivity index (χ1) is 58.0. The fourth-order valence-corrected chi connectivity index (χ4v) is 15.0. The monoisotopic (exact) mass is 1410 g/mol. The second-order valence-electron chi connectivity index (χ2n) is 28.7. The molecule has 6 nitrogen and oxygen atoms in total. The molecule has 6 heterocycles. The van der Waals surface area contributed by atoms with Gasteiger partial charge in [0.05, 0.1) is 0 Å². The summed E-state index contributed by atoms with van der Waals surface area (Å²) in [6.45, 7) is 1.99. The van der Waals surface area contributed by atoms with Gasteiger partial charge in [-0.25, -0.2) is 13.7 Å². The molecule has 105 heavy (non-hydrogen) atoms. The average Bonchev–Trinajstić information content (AvgIpc) is 0.829. The highest BCUT2D eigenvalue weighted by Crippen LogP contribution is 2.33. The Balaban J connectivity index is 0.000000156. The van der Waals surface area contributed by atoms with Gasteiger partial charge in [0.15, 0.2) is 35.7 Å². The molecule has 6 aromatic carbocycles. The lowest BCUT2D eigenvalue weighted by molar-refractivity contribution is -0.667. The van der Waals surface area contributed by atoms with Crippen molar-refractivity contribution in [1.82, 2.24) is 0 Å². The molecule has 0 fully saturated rings. The van der Waals surface area contributed by atoms with E-state index in [9.17, 15) is 0 Å². The molecule has 0 bridgehead atoms. The van der Waals surface area contributed by atoms with Crippen LogP contribution in [-0.4, -0.2) is 0 Å². The van der Waals surface area contributed by atoms with Gasteiger partial charge in [0.1, 0.15) is 42.3 Å². The van der Waals surface area contributed by atoms with Gasteiger partial charge in [0.2, 0.25) is 34.2 Å². The van der Waals surface area contributed by atoms with Crippen LogP contribution in [0.1, 0.15) is 189 Å². The number of hydrogen-bond acceptors (Lipinski definition) is 0. The van der Waals surface area contributed by atoms with Gasteiger partial charge in [0, 0.05) is 149 Å². The van der Waals surface area contributed by atoms with E-state index in [1.807, 2.05) is 100 Å². The molecule has 1 unspecified atom stereocenters. The normalized spacial score (nSPS) is 16.4. The summed E-state index contributed by atoms with van der Waals surface area (Å²) in [6, 6.07) is 62.1. The molecule has 0 saturated heterocycles. The summed E-state index contributed by atoms with van der Waals surface area (Å²) in [6.07, 6.45) is 21.0. The summed E-state index contributed by atoms with van der Waals surface area (Å²) in [5.74, 6) is -2.03. The SMILES string of the molecule is Cc1ccccc1-c1c2c(cc[n+]1C)CCCC2.Cc1ccccc1-c1cc2c(c[n+]1C)CCC2.Cc1ccccc1-c1cc2c(c[n+]1C)CCCC2.[2H]C([2H])([2H])c1c(C([2H])(C)C([2H])([2H])[2H])ccc(-c2ccccc2C)[n+]1C.[2H]C([2H])([2H])c1c(C)c(C)c(-c2ccccc2C)[n+](C)c1C([2H])([2H])[2H].[2H]C([2H])([2H])c1ccc(-c2ccccc2C)[n+](C)c1C([2H])([2H])[2H]. The summed E-state index contributed by atoms with van der Waals surface area (Å²) in [7, 11) is 11.3. The van der Waals surface area contributed by atoms with Crippen LogP contribution in [0, 0.1) is 89.6 Å². The topological polar surface area (TPSA) is 23.3 Å². The molecule has 15 rings (SSSR count).